The Labute approximate surface area is 168 Å². The highest BCUT2D eigenvalue weighted by Gasteiger charge is 2.06. The summed E-state index contributed by atoms with van der Waals surface area (Å²) in [6.07, 6.45) is 3.62. The summed E-state index contributed by atoms with van der Waals surface area (Å²) in [6.45, 7) is 0. The Balaban J connectivity index is 1.51. The number of hydrogen-bond donors (Lipinski definition) is 1. The van der Waals surface area contributed by atoms with E-state index in [1.807, 2.05) is 83.6 Å². The quantitative estimate of drug-likeness (QED) is 0.434. The van der Waals surface area contributed by atoms with E-state index in [0.717, 1.165) is 28.6 Å². The second-order valence-corrected chi connectivity index (χ2v) is 6.33. The Morgan fingerprint density at radius 1 is 0.862 bits per heavy atom. The van der Waals surface area contributed by atoms with Crippen molar-refractivity contribution >= 4 is 17.9 Å². The third-order valence-electron chi connectivity index (χ3n) is 4.31. The van der Waals surface area contributed by atoms with E-state index in [1.165, 1.54) is 0 Å². The predicted molar refractivity (Wildman–Crippen MR) is 113 cm³/mol. The van der Waals surface area contributed by atoms with Crippen molar-refractivity contribution in [1.29, 1.82) is 0 Å². The minimum Gasteiger partial charge on any atom is -0.478 e. The molecule has 0 fully saturated rings. The molecule has 4 rings (SSSR count). The molecule has 0 amide bonds. The first kappa shape index (κ1) is 18.3. The second kappa shape index (κ2) is 8.27. The van der Waals surface area contributed by atoms with E-state index >= 15 is 0 Å². The summed E-state index contributed by atoms with van der Waals surface area (Å²) >= 11 is 0. The number of carboxylic acids is 1. The lowest BCUT2D eigenvalue weighted by molar-refractivity contribution is 0.0697. The van der Waals surface area contributed by atoms with Gasteiger partial charge in [0.1, 0.15) is 11.5 Å². The number of carboxylic acid groups (broad SMARTS) is 1. The molecule has 0 aliphatic heterocycles. The number of ether oxygens (including phenoxy) is 1. The van der Waals surface area contributed by atoms with Crippen molar-refractivity contribution in [2.45, 2.75) is 0 Å². The van der Waals surface area contributed by atoms with Gasteiger partial charge in [0.2, 0.25) is 0 Å². The molecule has 1 heterocycles. The molecule has 1 N–H and O–H groups in total. The summed E-state index contributed by atoms with van der Waals surface area (Å²) in [6, 6.07) is 27.7. The number of para-hydroxylation sites is 1. The van der Waals surface area contributed by atoms with E-state index < -0.39 is 5.97 Å². The van der Waals surface area contributed by atoms with Gasteiger partial charge in [-0.1, -0.05) is 24.3 Å². The van der Waals surface area contributed by atoms with Gasteiger partial charge in [-0.15, -0.1) is 0 Å². The Kier molecular flexibility index (Phi) is 5.21. The maximum Gasteiger partial charge on any atom is 0.335 e. The zero-order valence-corrected chi connectivity index (χ0v) is 15.5. The molecule has 0 unspecified atom stereocenters. The number of rotatable bonds is 6. The van der Waals surface area contributed by atoms with Gasteiger partial charge in [-0.3, -0.25) is 4.99 Å². The lowest BCUT2D eigenvalue weighted by atomic mass is 10.2. The maximum atomic E-state index is 11.2. The van der Waals surface area contributed by atoms with E-state index in [1.54, 1.807) is 24.4 Å². The van der Waals surface area contributed by atoms with Gasteiger partial charge in [0, 0.05) is 11.9 Å². The monoisotopic (exact) mass is 382 g/mol. The molecule has 0 bridgehead atoms. The van der Waals surface area contributed by atoms with Crippen LogP contribution in [0.25, 0.3) is 5.69 Å². The number of benzene rings is 3. The van der Waals surface area contributed by atoms with Crippen LogP contribution in [0.3, 0.4) is 0 Å². The molecule has 142 valence electrons. The van der Waals surface area contributed by atoms with Crippen LogP contribution in [0, 0.1) is 0 Å². The average molecular weight is 382 g/mol. The lowest BCUT2D eigenvalue weighted by Crippen LogP contribution is -2.01. The highest BCUT2D eigenvalue weighted by atomic mass is 16.5. The summed E-state index contributed by atoms with van der Waals surface area (Å²) in [5.41, 5.74) is 2.64. The first-order valence-electron chi connectivity index (χ1n) is 9.07. The zero-order chi connectivity index (χ0) is 20.1. The van der Waals surface area contributed by atoms with Crippen molar-refractivity contribution in [2.75, 3.05) is 0 Å². The summed E-state index contributed by atoms with van der Waals surface area (Å²) < 4.78 is 7.68. The molecule has 0 radical (unpaired) electrons. The molecule has 0 saturated carbocycles. The molecule has 5 heteroatoms. The number of aromatic carboxylic acids is 1. The molecule has 0 aliphatic carbocycles. The van der Waals surface area contributed by atoms with E-state index in [9.17, 15) is 9.90 Å². The van der Waals surface area contributed by atoms with Gasteiger partial charge in [0.05, 0.1) is 23.2 Å². The zero-order valence-electron chi connectivity index (χ0n) is 15.5. The van der Waals surface area contributed by atoms with Crippen LogP contribution in [0.4, 0.5) is 5.69 Å². The van der Waals surface area contributed by atoms with Crippen LogP contribution in [0.2, 0.25) is 0 Å². The fourth-order valence-electron chi connectivity index (χ4n) is 2.89. The van der Waals surface area contributed by atoms with Crippen molar-refractivity contribution < 1.29 is 14.6 Å². The molecule has 0 saturated heterocycles. The van der Waals surface area contributed by atoms with Gasteiger partial charge in [0.25, 0.3) is 0 Å². The van der Waals surface area contributed by atoms with Crippen LogP contribution in [0.5, 0.6) is 11.5 Å². The molecule has 29 heavy (non-hydrogen) atoms. The summed E-state index contributed by atoms with van der Waals surface area (Å²) in [5, 5.41) is 9.20. The molecule has 0 atom stereocenters. The largest absolute Gasteiger partial charge is 0.478 e. The first-order chi connectivity index (χ1) is 14.2. The first-order valence-corrected chi connectivity index (χ1v) is 9.07. The van der Waals surface area contributed by atoms with Crippen molar-refractivity contribution in [3.05, 3.63) is 108 Å². The Morgan fingerprint density at radius 3 is 2.38 bits per heavy atom. The molecule has 0 spiro atoms. The van der Waals surface area contributed by atoms with Crippen LogP contribution < -0.4 is 4.74 Å². The summed E-state index contributed by atoms with van der Waals surface area (Å²) in [7, 11) is 0. The number of aromatic nitrogens is 1. The van der Waals surface area contributed by atoms with E-state index in [0.29, 0.717) is 0 Å². The van der Waals surface area contributed by atoms with Crippen LogP contribution in [0.15, 0.2) is 102 Å². The van der Waals surface area contributed by atoms with Crippen LogP contribution in [-0.4, -0.2) is 21.9 Å². The summed E-state index contributed by atoms with van der Waals surface area (Å²) in [4.78, 5) is 15.7. The van der Waals surface area contributed by atoms with E-state index in [4.69, 9.17) is 4.74 Å². The molecule has 3 aromatic carbocycles. The van der Waals surface area contributed by atoms with E-state index in [-0.39, 0.29) is 5.56 Å². The normalized spacial score (nSPS) is 10.9. The smallest absolute Gasteiger partial charge is 0.335 e. The van der Waals surface area contributed by atoms with Gasteiger partial charge >= 0.3 is 5.97 Å². The Bertz CT molecular complexity index is 1150. The number of carbonyl (C=O) groups is 1. The highest BCUT2D eigenvalue weighted by molar-refractivity contribution is 5.88. The van der Waals surface area contributed by atoms with Gasteiger partial charge in [-0.2, -0.15) is 0 Å². The maximum absolute atomic E-state index is 11.2. The van der Waals surface area contributed by atoms with Crippen molar-refractivity contribution in [3.63, 3.8) is 0 Å². The number of nitrogens with zero attached hydrogens (tertiary/aromatic N) is 2. The second-order valence-electron chi connectivity index (χ2n) is 6.33. The molecule has 0 aliphatic rings. The molecular weight excluding hydrogens is 364 g/mol. The molecule has 1 aromatic heterocycles. The SMILES string of the molecule is O=C(O)c1cccc(-n2cccc2C=Nc2ccc(Oc3ccccc3)cc2)c1. The summed E-state index contributed by atoms with van der Waals surface area (Å²) in [5.74, 6) is 0.571. The fraction of sp³-hybridized carbons (Fsp3) is 0. The standard InChI is InChI=1S/C24H18N2O3/c27-24(28)18-6-4-7-20(16-18)26-15-5-8-21(26)17-25-19-11-13-23(14-12-19)29-22-9-2-1-3-10-22/h1-17H,(H,27,28). The van der Waals surface area contributed by atoms with Crippen LogP contribution in [0.1, 0.15) is 16.1 Å². The molecule has 5 nitrogen and oxygen atoms in total. The minimum atomic E-state index is -0.952. The third kappa shape index (κ3) is 4.42. The Hall–Kier alpha value is -4.12. The Morgan fingerprint density at radius 2 is 1.62 bits per heavy atom. The van der Waals surface area contributed by atoms with Crippen molar-refractivity contribution in [2.24, 2.45) is 4.99 Å². The van der Waals surface area contributed by atoms with Gasteiger partial charge < -0.3 is 14.4 Å². The van der Waals surface area contributed by atoms with Crippen LogP contribution >= 0.6 is 0 Å². The fourth-order valence-corrected chi connectivity index (χ4v) is 2.89. The average Bonchev–Trinajstić information content (AvgIpc) is 3.23. The van der Waals surface area contributed by atoms with Gasteiger partial charge in [-0.25, -0.2) is 4.79 Å². The highest BCUT2D eigenvalue weighted by Crippen LogP contribution is 2.24. The number of hydrogen-bond acceptors (Lipinski definition) is 3. The van der Waals surface area contributed by atoms with Crippen molar-refractivity contribution in [3.8, 4) is 17.2 Å². The van der Waals surface area contributed by atoms with Crippen molar-refractivity contribution in [1.82, 2.24) is 4.57 Å². The van der Waals surface area contributed by atoms with Crippen LogP contribution in [-0.2, 0) is 0 Å². The third-order valence-corrected chi connectivity index (χ3v) is 4.31. The number of aliphatic imine (C=N–C) groups is 1. The van der Waals surface area contributed by atoms with E-state index in [2.05, 4.69) is 4.99 Å². The molecule has 4 aromatic rings. The predicted octanol–water partition coefficient (Wildman–Crippen LogP) is 5.72. The van der Waals surface area contributed by atoms with Gasteiger partial charge in [-0.05, 0) is 66.7 Å². The minimum absolute atomic E-state index is 0.244. The molecular formula is C24H18N2O3. The van der Waals surface area contributed by atoms with Gasteiger partial charge in [0.15, 0.2) is 0 Å². The topological polar surface area (TPSA) is 63.8 Å². The lowest BCUT2D eigenvalue weighted by Gasteiger charge is -2.07.